The molecule has 1 saturated heterocycles. The minimum absolute atomic E-state index is 0.143. The number of amides is 3. The highest BCUT2D eigenvalue weighted by Gasteiger charge is 2.21. The van der Waals surface area contributed by atoms with Crippen molar-refractivity contribution < 1.29 is 9.59 Å². The number of thiophene rings is 1. The van der Waals surface area contributed by atoms with Gasteiger partial charge in [-0.25, -0.2) is 9.78 Å². The summed E-state index contributed by atoms with van der Waals surface area (Å²) in [5.74, 6) is -0.213. The Morgan fingerprint density at radius 1 is 1.30 bits per heavy atom. The van der Waals surface area contributed by atoms with Gasteiger partial charge in [0.2, 0.25) is 5.91 Å². The lowest BCUT2D eigenvalue weighted by atomic mass is 10.2. The lowest BCUT2D eigenvalue weighted by Crippen LogP contribution is -2.27. The van der Waals surface area contributed by atoms with Crippen LogP contribution in [0, 0.1) is 0 Å². The Labute approximate surface area is 158 Å². The summed E-state index contributed by atoms with van der Waals surface area (Å²) in [5.41, 5.74) is 1.19. The molecule has 2 aromatic heterocycles. The standard InChI is InChI=1S/C18H17N5O3S/c24-15(4-7-22-11-20-16-14(17(22)25)5-9-27-16)21-12-2-1-3-13(10-12)23-8-6-19-18(23)26/h1-3,5,9-11H,4,6-8H2,(H,19,26)(H,21,24). The Bertz CT molecular complexity index is 1070. The molecule has 1 aliphatic rings. The third kappa shape index (κ3) is 3.54. The molecule has 3 heterocycles. The number of hydrogen-bond acceptors (Lipinski definition) is 5. The number of fused-ring (bicyclic) bond motifs is 1. The molecule has 27 heavy (non-hydrogen) atoms. The van der Waals surface area contributed by atoms with Crippen molar-refractivity contribution in [3.8, 4) is 0 Å². The quantitative estimate of drug-likeness (QED) is 0.704. The second-order valence-electron chi connectivity index (χ2n) is 6.11. The predicted octanol–water partition coefficient (Wildman–Crippen LogP) is 2.02. The number of nitrogens with zero attached hydrogens (tertiary/aromatic N) is 3. The van der Waals surface area contributed by atoms with E-state index in [1.807, 2.05) is 11.4 Å². The number of urea groups is 1. The van der Waals surface area contributed by atoms with Gasteiger partial charge in [0, 0.05) is 37.4 Å². The Hall–Kier alpha value is -3.20. The van der Waals surface area contributed by atoms with Crippen molar-refractivity contribution in [2.45, 2.75) is 13.0 Å². The summed E-state index contributed by atoms with van der Waals surface area (Å²) in [4.78, 5) is 42.9. The highest BCUT2D eigenvalue weighted by Crippen LogP contribution is 2.21. The van der Waals surface area contributed by atoms with Crippen molar-refractivity contribution in [2.24, 2.45) is 0 Å². The summed E-state index contributed by atoms with van der Waals surface area (Å²) >= 11 is 1.41. The Kier molecular flexibility index (Phi) is 4.59. The van der Waals surface area contributed by atoms with Gasteiger partial charge in [-0.2, -0.15) is 0 Å². The van der Waals surface area contributed by atoms with E-state index >= 15 is 0 Å². The van der Waals surface area contributed by atoms with Crippen LogP contribution in [0.25, 0.3) is 10.2 Å². The second kappa shape index (κ2) is 7.20. The molecule has 0 bridgehead atoms. The molecule has 2 N–H and O–H groups in total. The number of carbonyl (C=O) groups is 2. The maximum absolute atomic E-state index is 12.3. The van der Waals surface area contributed by atoms with E-state index in [1.54, 1.807) is 29.2 Å². The van der Waals surface area contributed by atoms with Crippen molar-refractivity contribution in [1.29, 1.82) is 0 Å². The summed E-state index contributed by atoms with van der Waals surface area (Å²) in [6.07, 6.45) is 1.62. The van der Waals surface area contributed by atoms with Crippen molar-refractivity contribution in [3.63, 3.8) is 0 Å². The Balaban J connectivity index is 1.41. The lowest BCUT2D eigenvalue weighted by molar-refractivity contribution is -0.116. The number of rotatable bonds is 5. The van der Waals surface area contributed by atoms with Gasteiger partial charge < -0.3 is 10.6 Å². The van der Waals surface area contributed by atoms with Crippen LogP contribution in [-0.4, -0.2) is 34.6 Å². The van der Waals surface area contributed by atoms with Crippen LogP contribution in [-0.2, 0) is 11.3 Å². The molecule has 1 fully saturated rings. The van der Waals surface area contributed by atoms with Gasteiger partial charge in [-0.1, -0.05) is 6.07 Å². The summed E-state index contributed by atoms with van der Waals surface area (Å²) in [7, 11) is 0. The fourth-order valence-electron chi connectivity index (χ4n) is 2.97. The van der Waals surface area contributed by atoms with E-state index in [4.69, 9.17) is 0 Å². The molecule has 0 radical (unpaired) electrons. The zero-order valence-corrected chi connectivity index (χ0v) is 15.2. The van der Waals surface area contributed by atoms with Crippen LogP contribution in [0.3, 0.4) is 0 Å². The van der Waals surface area contributed by atoms with E-state index in [0.717, 1.165) is 5.69 Å². The number of benzene rings is 1. The predicted molar refractivity (Wildman–Crippen MR) is 104 cm³/mol. The molecule has 4 rings (SSSR count). The molecule has 0 aliphatic carbocycles. The highest BCUT2D eigenvalue weighted by molar-refractivity contribution is 7.16. The van der Waals surface area contributed by atoms with Gasteiger partial charge in [0.05, 0.1) is 11.7 Å². The molecule has 8 nitrogen and oxygen atoms in total. The monoisotopic (exact) mass is 383 g/mol. The first-order valence-electron chi connectivity index (χ1n) is 8.50. The number of anilines is 2. The van der Waals surface area contributed by atoms with E-state index in [1.165, 1.54) is 22.2 Å². The number of carbonyl (C=O) groups excluding carboxylic acids is 2. The van der Waals surface area contributed by atoms with Gasteiger partial charge in [0.1, 0.15) is 4.83 Å². The zero-order valence-electron chi connectivity index (χ0n) is 14.3. The van der Waals surface area contributed by atoms with E-state index in [-0.39, 0.29) is 30.5 Å². The van der Waals surface area contributed by atoms with Gasteiger partial charge in [-0.15, -0.1) is 11.3 Å². The summed E-state index contributed by atoms with van der Waals surface area (Å²) in [6, 6.07) is 8.73. The fraction of sp³-hybridized carbons (Fsp3) is 0.222. The van der Waals surface area contributed by atoms with Crippen LogP contribution in [0.2, 0.25) is 0 Å². The molecular weight excluding hydrogens is 366 g/mol. The fourth-order valence-corrected chi connectivity index (χ4v) is 3.69. The van der Waals surface area contributed by atoms with E-state index < -0.39 is 0 Å². The maximum Gasteiger partial charge on any atom is 0.321 e. The van der Waals surface area contributed by atoms with Gasteiger partial charge in [-0.3, -0.25) is 19.1 Å². The molecule has 0 atom stereocenters. The van der Waals surface area contributed by atoms with Crippen molar-refractivity contribution in [3.05, 3.63) is 52.4 Å². The van der Waals surface area contributed by atoms with Gasteiger partial charge >= 0.3 is 6.03 Å². The minimum Gasteiger partial charge on any atom is -0.336 e. The third-order valence-electron chi connectivity index (χ3n) is 4.33. The average Bonchev–Trinajstić information content (AvgIpc) is 3.30. The zero-order chi connectivity index (χ0) is 18.8. The van der Waals surface area contributed by atoms with Crippen molar-refractivity contribution in [1.82, 2.24) is 14.9 Å². The van der Waals surface area contributed by atoms with E-state index in [2.05, 4.69) is 15.6 Å². The number of hydrogen-bond donors (Lipinski definition) is 2. The lowest BCUT2D eigenvalue weighted by Gasteiger charge is -2.15. The van der Waals surface area contributed by atoms with E-state index in [9.17, 15) is 14.4 Å². The molecule has 138 valence electrons. The first-order chi connectivity index (χ1) is 13.1. The molecule has 0 saturated carbocycles. The van der Waals surface area contributed by atoms with Crippen LogP contribution >= 0.6 is 11.3 Å². The molecule has 3 aromatic rings. The first-order valence-corrected chi connectivity index (χ1v) is 9.38. The smallest absolute Gasteiger partial charge is 0.321 e. The van der Waals surface area contributed by atoms with Gasteiger partial charge in [0.25, 0.3) is 5.56 Å². The molecule has 0 spiro atoms. The van der Waals surface area contributed by atoms with Gasteiger partial charge in [0.15, 0.2) is 0 Å². The van der Waals surface area contributed by atoms with Crippen molar-refractivity contribution >= 4 is 44.9 Å². The molecule has 9 heteroatoms. The molecular formula is C18H17N5O3S. The normalized spacial score (nSPS) is 13.8. The number of nitrogens with one attached hydrogen (secondary N) is 2. The molecule has 1 aromatic carbocycles. The van der Waals surface area contributed by atoms with E-state index in [0.29, 0.717) is 29.0 Å². The Morgan fingerprint density at radius 2 is 2.19 bits per heavy atom. The largest absolute Gasteiger partial charge is 0.336 e. The van der Waals surface area contributed by atoms with Crippen LogP contribution in [0.4, 0.5) is 16.2 Å². The molecule has 1 aliphatic heterocycles. The van der Waals surface area contributed by atoms with Gasteiger partial charge in [-0.05, 0) is 29.6 Å². The average molecular weight is 383 g/mol. The summed E-state index contributed by atoms with van der Waals surface area (Å²) in [6.45, 7) is 1.45. The SMILES string of the molecule is O=C(CCn1cnc2sccc2c1=O)Nc1cccc(N2CCNC2=O)c1. The topological polar surface area (TPSA) is 96.3 Å². The summed E-state index contributed by atoms with van der Waals surface area (Å²) < 4.78 is 1.44. The third-order valence-corrected chi connectivity index (χ3v) is 5.15. The molecule has 0 unspecified atom stereocenters. The van der Waals surface area contributed by atoms with Crippen LogP contribution < -0.4 is 21.1 Å². The van der Waals surface area contributed by atoms with Crippen LogP contribution in [0.15, 0.2) is 46.8 Å². The maximum atomic E-state index is 12.3. The second-order valence-corrected chi connectivity index (χ2v) is 7.01. The van der Waals surface area contributed by atoms with Crippen molar-refractivity contribution in [2.75, 3.05) is 23.3 Å². The first kappa shape index (κ1) is 17.2. The Morgan fingerprint density at radius 3 is 3.00 bits per heavy atom. The summed E-state index contributed by atoms with van der Waals surface area (Å²) in [5, 5.41) is 7.95. The highest BCUT2D eigenvalue weighted by atomic mass is 32.1. The van der Waals surface area contributed by atoms with Crippen LogP contribution in [0.1, 0.15) is 6.42 Å². The minimum atomic E-state index is -0.213. The molecule has 3 amide bonds. The number of aryl methyl sites for hydroxylation is 1. The number of aromatic nitrogens is 2. The van der Waals surface area contributed by atoms with Crippen LogP contribution in [0.5, 0.6) is 0 Å².